The van der Waals surface area contributed by atoms with Crippen molar-refractivity contribution in [3.63, 3.8) is 0 Å². The molecule has 0 saturated heterocycles. The number of aryl methyl sites for hydroxylation is 1. The molecule has 1 amide bonds. The average molecular weight is 402 g/mol. The summed E-state index contributed by atoms with van der Waals surface area (Å²) in [6.45, 7) is 4.98. The molecule has 1 heterocycles. The first-order valence-corrected chi connectivity index (χ1v) is 10.3. The van der Waals surface area contributed by atoms with Crippen molar-refractivity contribution in [1.82, 2.24) is 15.1 Å². The average Bonchev–Trinajstić information content (AvgIpc) is 3.31. The second-order valence-corrected chi connectivity index (χ2v) is 7.73. The van der Waals surface area contributed by atoms with Crippen LogP contribution in [0.25, 0.3) is 0 Å². The van der Waals surface area contributed by atoms with Gasteiger partial charge in [0, 0.05) is 23.2 Å². The largest absolute Gasteiger partial charge is 0.484 e. The SMILES string of the molecule is Cc1nn(Cc2ccccc2)c(C)c1C1C=CC(NC(=O)COc2ccccc2)C1. The third-order valence-corrected chi connectivity index (χ3v) is 5.53. The molecule has 3 aromatic rings. The van der Waals surface area contributed by atoms with Crippen LogP contribution in [0.15, 0.2) is 72.8 Å². The summed E-state index contributed by atoms with van der Waals surface area (Å²) in [7, 11) is 0. The van der Waals surface area contributed by atoms with Crippen molar-refractivity contribution >= 4 is 5.91 Å². The number of rotatable bonds is 7. The lowest BCUT2D eigenvalue weighted by Crippen LogP contribution is -2.36. The fourth-order valence-electron chi connectivity index (χ4n) is 4.09. The molecule has 1 N–H and O–H groups in total. The smallest absolute Gasteiger partial charge is 0.258 e. The van der Waals surface area contributed by atoms with Gasteiger partial charge in [-0.25, -0.2) is 0 Å². The van der Waals surface area contributed by atoms with Crippen molar-refractivity contribution in [2.24, 2.45) is 0 Å². The molecule has 2 atom stereocenters. The molecule has 30 heavy (non-hydrogen) atoms. The second kappa shape index (κ2) is 8.99. The van der Waals surface area contributed by atoms with E-state index in [1.165, 1.54) is 16.8 Å². The predicted molar refractivity (Wildman–Crippen MR) is 118 cm³/mol. The van der Waals surface area contributed by atoms with Crippen LogP contribution >= 0.6 is 0 Å². The number of carbonyl (C=O) groups excluding carboxylic acids is 1. The quantitative estimate of drug-likeness (QED) is 0.605. The Balaban J connectivity index is 1.35. The van der Waals surface area contributed by atoms with Crippen LogP contribution in [0.1, 0.15) is 34.9 Å². The van der Waals surface area contributed by atoms with Crippen LogP contribution in [0.5, 0.6) is 5.75 Å². The number of amides is 1. The number of allylic oxidation sites excluding steroid dienone is 1. The third-order valence-electron chi connectivity index (χ3n) is 5.53. The first-order chi connectivity index (χ1) is 14.6. The van der Waals surface area contributed by atoms with E-state index in [2.05, 4.69) is 60.3 Å². The minimum Gasteiger partial charge on any atom is -0.484 e. The van der Waals surface area contributed by atoms with E-state index in [9.17, 15) is 4.79 Å². The second-order valence-electron chi connectivity index (χ2n) is 7.73. The molecule has 1 aliphatic carbocycles. The number of carbonyl (C=O) groups is 1. The first kappa shape index (κ1) is 20.0. The molecule has 5 nitrogen and oxygen atoms in total. The van der Waals surface area contributed by atoms with Gasteiger partial charge in [0.2, 0.25) is 0 Å². The van der Waals surface area contributed by atoms with Crippen molar-refractivity contribution in [3.8, 4) is 5.75 Å². The number of para-hydroxylation sites is 1. The summed E-state index contributed by atoms with van der Waals surface area (Å²) in [6.07, 6.45) is 5.11. The lowest BCUT2D eigenvalue weighted by atomic mass is 9.96. The van der Waals surface area contributed by atoms with E-state index in [-0.39, 0.29) is 24.5 Å². The van der Waals surface area contributed by atoms with Crippen LogP contribution in [-0.4, -0.2) is 28.3 Å². The Morgan fingerprint density at radius 2 is 1.77 bits per heavy atom. The van der Waals surface area contributed by atoms with Crippen LogP contribution < -0.4 is 10.1 Å². The number of nitrogens with zero attached hydrogens (tertiary/aromatic N) is 2. The van der Waals surface area contributed by atoms with Gasteiger partial charge in [0.15, 0.2) is 6.61 Å². The number of aromatic nitrogens is 2. The lowest BCUT2D eigenvalue weighted by molar-refractivity contribution is -0.123. The number of hydrogen-bond acceptors (Lipinski definition) is 3. The summed E-state index contributed by atoms with van der Waals surface area (Å²) < 4.78 is 7.62. The maximum Gasteiger partial charge on any atom is 0.258 e. The zero-order valence-electron chi connectivity index (χ0n) is 17.4. The van der Waals surface area contributed by atoms with E-state index in [1.54, 1.807) is 0 Å². The Kier molecular flexibility index (Phi) is 5.98. The molecule has 2 aromatic carbocycles. The summed E-state index contributed by atoms with van der Waals surface area (Å²) in [4.78, 5) is 12.3. The standard InChI is InChI=1S/C25H27N3O2/c1-18-25(19(2)28(27-18)16-20-9-5-3-6-10-20)21-13-14-22(15-21)26-24(29)17-30-23-11-7-4-8-12-23/h3-14,21-22H,15-17H2,1-2H3,(H,26,29). The highest BCUT2D eigenvalue weighted by Crippen LogP contribution is 2.33. The molecule has 0 aliphatic heterocycles. The molecule has 0 fully saturated rings. The first-order valence-electron chi connectivity index (χ1n) is 10.3. The minimum absolute atomic E-state index is 0.0122. The summed E-state index contributed by atoms with van der Waals surface area (Å²) in [5.74, 6) is 0.849. The number of nitrogens with one attached hydrogen (secondary N) is 1. The number of hydrogen-bond donors (Lipinski definition) is 1. The van der Waals surface area contributed by atoms with Gasteiger partial charge in [-0.15, -0.1) is 0 Å². The van der Waals surface area contributed by atoms with Gasteiger partial charge in [-0.3, -0.25) is 9.48 Å². The van der Waals surface area contributed by atoms with Crippen molar-refractivity contribution in [1.29, 1.82) is 0 Å². The Bertz CT molecular complexity index is 1030. The van der Waals surface area contributed by atoms with Gasteiger partial charge in [0.25, 0.3) is 5.91 Å². The number of benzene rings is 2. The molecular formula is C25H27N3O2. The molecule has 1 aromatic heterocycles. The molecule has 5 heteroatoms. The zero-order valence-corrected chi connectivity index (χ0v) is 17.4. The van der Waals surface area contributed by atoms with Gasteiger partial charge < -0.3 is 10.1 Å². The third kappa shape index (κ3) is 4.62. The molecular weight excluding hydrogens is 374 g/mol. The van der Waals surface area contributed by atoms with Crippen molar-refractivity contribution in [2.45, 2.75) is 38.8 Å². The molecule has 0 saturated carbocycles. The van der Waals surface area contributed by atoms with Gasteiger partial charge in [-0.1, -0.05) is 60.7 Å². The highest BCUT2D eigenvalue weighted by molar-refractivity contribution is 5.78. The highest BCUT2D eigenvalue weighted by atomic mass is 16.5. The number of ether oxygens (including phenoxy) is 1. The normalized spacial score (nSPS) is 17.8. The lowest BCUT2D eigenvalue weighted by Gasteiger charge is -2.15. The van der Waals surface area contributed by atoms with Crippen LogP contribution in [0, 0.1) is 13.8 Å². The Morgan fingerprint density at radius 1 is 1.07 bits per heavy atom. The minimum atomic E-state index is -0.109. The molecule has 0 spiro atoms. The fraction of sp³-hybridized carbons (Fsp3) is 0.280. The van der Waals surface area contributed by atoms with E-state index in [1.807, 2.05) is 36.4 Å². The van der Waals surface area contributed by atoms with Crippen LogP contribution in [0.3, 0.4) is 0 Å². The van der Waals surface area contributed by atoms with E-state index < -0.39 is 0 Å². The van der Waals surface area contributed by atoms with Gasteiger partial charge >= 0.3 is 0 Å². The Morgan fingerprint density at radius 3 is 2.50 bits per heavy atom. The van der Waals surface area contributed by atoms with Gasteiger partial charge in [0.05, 0.1) is 12.2 Å². The van der Waals surface area contributed by atoms with Crippen LogP contribution in [0.2, 0.25) is 0 Å². The molecule has 154 valence electrons. The Hall–Kier alpha value is -3.34. The zero-order chi connectivity index (χ0) is 20.9. The molecule has 0 bridgehead atoms. The molecule has 0 radical (unpaired) electrons. The van der Waals surface area contributed by atoms with E-state index in [4.69, 9.17) is 9.84 Å². The van der Waals surface area contributed by atoms with Gasteiger partial charge in [-0.05, 0) is 38.0 Å². The molecule has 1 aliphatic rings. The summed E-state index contributed by atoms with van der Waals surface area (Å²) in [5, 5.41) is 7.83. The summed E-state index contributed by atoms with van der Waals surface area (Å²) >= 11 is 0. The van der Waals surface area contributed by atoms with Crippen LogP contribution in [0.4, 0.5) is 0 Å². The highest BCUT2D eigenvalue weighted by Gasteiger charge is 2.26. The maximum atomic E-state index is 12.3. The van der Waals surface area contributed by atoms with E-state index in [0.29, 0.717) is 5.75 Å². The monoisotopic (exact) mass is 401 g/mol. The van der Waals surface area contributed by atoms with Crippen molar-refractivity contribution < 1.29 is 9.53 Å². The van der Waals surface area contributed by atoms with E-state index in [0.717, 1.165) is 18.7 Å². The summed E-state index contributed by atoms with van der Waals surface area (Å²) in [6, 6.07) is 19.8. The predicted octanol–water partition coefficient (Wildman–Crippen LogP) is 4.16. The Labute approximate surface area is 177 Å². The van der Waals surface area contributed by atoms with Gasteiger partial charge in [0.1, 0.15) is 5.75 Å². The van der Waals surface area contributed by atoms with Crippen LogP contribution in [-0.2, 0) is 11.3 Å². The topological polar surface area (TPSA) is 56.2 Å². The molecule has 2 unspecified atom stereocenters. The van der Waals surface area contributed by atoms with Crippen molar-refractivity contribution in [2.75, 3.05) is 6.61 Å². The fourth-order valence-corrected chi connectivity index (χ4v) is 4.09. The molecule has 4 rings (SSSR count). The van der Waals surface area contributed by atoms with E-state index >= 15 is 0 Å². The maximum absolute atomic E-state index is 12.3. The van der Waals surface area contributed by atoms with Gasteiger partial charge in [-0.2, -0.15) is 5.10 Å². The summed E-state index contributed by atoms with van der Waals surface area (Å²) in [5.41, 5.74) is 4.74. The van der Waals surface area contributed by atoms with Crippen molar-refractivity contribution in [3.05, 3.63) is 95.3 Å².